The number of aryl methyl sites for hydroxylation is 1. The zero-order valence-electron chi connectivity index (χ0n) is 7.84. The molecule has 2 nitrogen and oxygen atoms in total. The Morgan fingerprint density at radius 3 is 2.60 bits per heavy atom. The number of nitriles is 1. The van der Waals surface area contributed by atoms with Crippen LogP contribution in [0.4, 0.5) is 8.78 Å². The Kier molecular flexibility index (Phi) is 3.42. The minimum Gasteiger partial charge on any atom is -0.373 e. The molecule has 0 aromatic heterocycles. The van der Waals surface area contributed by atoms with Crippen molar-refractivity contribution in [2.75, 3.05) is 0 Å². The first-order valence-corrected chi connectivity index (χ1v) is 4.91. The summed E-state index contributed by atoms with van der Waals surface area (Å²) in [5.41, 5.74) is 0.426. The Morgan fingerprint density at radius 2 is 2.13 bits per heavy atom. The summed E-state index contributed by atoms with van der Waals surface area (Å²) in [5, 5.41) is 17.1. The Labute approximate surface area is 94.3 Å². The van der Waals surface area contributed by atoms with Crippen LogP contribution in [0.15, 0.2) is 22.7 Å². The van der Waals surface area contributed by atoms with Crippen molar-refractivity contribution in [1.29, 1.82) is 5.26 Å². The molecule has 1 aromatic rings. The van der Waals surface area contributed by atoms with E-state index in [0.717, 1.165) is 11.6 Å². The van der Waals surface area contributed by atoms with Crippen LogP contribution in [-0.2, 0) is 5.92 Å². The number of halogens is 3. The Hall–Kier alpha value is -0.990. The third-order valence-electron chi connectivity index (χ3n) is 2.02. The molecule has 80 valence electrons. The molecule has 0 saturated carbocycles. The molecule has 0 spiro atoms. The van der Waals surface area contributed by atoms with Gasteiger partial charge in [0.15, 0.2) is 0 Å². The predicted octanol–water partition coefficient (Wildman–Crippen LogP) is 2.73. The third-order valence-corrected chi connectivity index (χ3v) is 2.88. The molecule has 0 amide bonds. The van der Waals surface area contributed by atoms with Gasteiger partial charge >= 0.3 is 5.92 Å². The van der Waals surface area contributed by atoms with Gasteiger partial charge in [0.2, 0.25) is 6.10 Å². The largest absolute Gasteiger partial charge is 0.373 e. The SMILES string of the molecule is Cc1ccc(C(F)(F)C(O)C#N)cc1Br. The second kappa shape index (κ2) is 4.25. The van der Waals surface area contributed by atoms with E-state index in [9.17, 15) is 8.78 Å². The zero-order valence-corrected chi connectivity index (χ0v) is 9.42. The highest BCUT2D eigenvalue weighted by molar-refractivity contribution is 9.10. The fourth-order valence-corrected chi connectivity index (χ4v) is 1.42. The second-order valence-electron chi connectivity index (χ2n) is 3.12. The first kappa shape index (κ1) is 12.1. The van der Waals surface area contributed by atoms with Crippen molar-refractivity contribution in [2.45, 2.75) is 19.0 Å². The average molecular weight is 276 g/mol. The summed E-state index contributed by atoms with van der Waals surface area (Å²) >= 11 is 3.11. The lowest BCUT2D eigenvalue weighted by Crippen LogP contribution is -2.29. The Bertz CT molecular complexity index is 414. The van der Waals surface area contributed by atoms with Gasteiger partial charge in [0.25, 0.3) is 0 Å². The van der Waals surface area contributed by atoms with Crippen LogP contribution in [0.2, 0.25) is 0 Å². The summed E-state index contributed by atoms with van der Waals surface area (Å²) < 4.78 is 27.3. The van der Waals surface area contributed by atoms with Crippen LogP contribution in [0.1, 0.15) is 11.1 Å². The molecular weight excluding hydrogens is 268 g/mol. The quantitative estimate of drug-likeness (QED) is 0.844. The summed E-state index contributed by atoms with van der Waals surface area (Å²) in [7, 11) is 0. The van der Waals surface area contributed by atoms with Crippen molar-refractivity contribution in [2.24, 2.45) is 0 Å². The molecule has 1 aromatic carbocycles. The highest BCUT2D eigenvalue weighted by atomic mass is 79.9. The first-order valence-electron chi connectivity index (χ1n) is 4.11. The van der Waals surface area contributed by atoms with E-state index in [-0.39, 0.29) is 5.56 Å². The van der Waals surface area contributed by atoms with Crippen molar-refractivity contribution < 1.29 is 13.9 Å². The standard InChI is InChI=1S/C10H8BrF2NO/c1-6-2-3-7(4-8(6)11)10(12,13)9(15)5-14/h2-4,9,15H,1H3. The van der Waals surface area contributed by atoms with Crippen molar-refractivity contribution in [3.05, 3.63) is 33.8 Å². The number of hydrogen-bond donors (Lipinski definition) is 1. The maximum atomic E-state index is 13.4. The van der Waals surface area contributed by atoms with Gasteiger partial charge in [-0.25, -0.2) is 0 Å². The van der Waals surface area contributed by atoms with E-state index in [1.807, 2.05) is 0 Å². The number of rotatable bonds is 2. The molecule has 1 N–H and O–H groups in total. The normalized spacial score (nSPS) is 13.3. The van der Waals surface area contributed by atoms with Gasteiger partial charge in [0.05, 0.1) is 0 Å². The Morgan fingerprint density at radius 1 is 1.53 bits per heavy atom. The van der Waals surface area contributed by atoms with E-state index >= 15 is 0 Å². The lowest BCUT2D eigenvalue weighted by Gasteiger charge is -2.18. The minimum atomic E-state index is -3.55. The third kappa shape index (κ3) is 2.33. The highest BCUT2D eigenvalue weighted by Gasteiger charge is 2.40. The summed E-state index contributed by atoms with van der Waals surface area (Å²) in [6, 6.07) is 5.02. The van der Waals surface area contributed by atoms with Gasteiger partial charge in [-0.15, -0.1) is 0 Å². The summed E-state index contributed by atoms with van der Waals surface area (Å²) in [4.78, 5) is 0. The number of nitrogens with zero attached hydrogens (tertiary/aromatic N) is 1. The van der Waals surface area contributed by atoms with Gasteiger partial charge in [-0.3, -0.25) is 0 Å². The minimum absolute atomic E-state index is 0.381. The van der Waals surface area contributed by atoms with E-state index in [0.29, 0.717) is 4.47 Å². The molecule has 15 heavy (non-hydrogen) atoms. The zero-order chi connectivity index (χ0) is 11.6. The van der Waals surface area contributed by atoms with Crippen molar-refractivity contribution in [3.63, 3.8) is 0 Å². The number of benzene rings is 1. The molecule has 5 heteroatoms. The summed E-state index contributed by atoms with van der Waals surface area (Å²) in [5.74, 6) is -3.55. The molecular formula is C10H8BrF2NO. The summed E-state index contributed by atoms with van der Waals surface area (Å²) in [6.07, 6.45) is -2.33. The average Bonchev–Trinajstić information content (AvgIpc) is 2.20. The number of aliphatic hydroxyl groups excluding tert-OH is 1. The van der Waals surface area contributed by atoms with Crippen molar-refractivity contribution in [1.82, 2.24) is 0 Å². The van der Waals surface area contributed by atoms with E-state index in [2.05, 4.69) is 15.9 Å². The monoisotopic (exact) mass is 275 g/mol. The van der Waals surface area contributed by atoms with Crippen LogP contribution in [0.25, 0.3) is 0 Å². The van der Waals surface area contributed by atoms with Crippen LogP contribution in [0, 0.1) is 18.3 Å². The van der Waals surface area contributed by atoms with Gasteiger partial charge in [-0.2, -0.15) is 14.0 Å². The molecule has 0 aliphatic rings. The van der Waals surface area contributed by atoms with E-state index in [1.165, 1.54) is 18.2 Å². The van der Waals surface area contributed by atoms with Gasteiger partial charge in [-0.1, -0.05) is 28.1 Å². The molecule has 0 heterocycles. The van der Waals surface area contributed by atoms with Gasteiger partial charge in [-0.05, 0) is 18.6 Å². The van der Waals surface area contributed by atoms with Crippen LogP contribution in [0.3, 0.4) is 0 Å². The molecule has 0 radical (unpaired) electrons. The fraction of sp³-hybridized carbons (Fsp3) is 0.300. The van der Waals surface area contributed by atoms with Crippen LogP contribution in [-0.4, -0.2) is 11.2 Å². The number of aliphatic hydroxyl groups is 1. The molecule has 0 fully saturated rings. The smallest absolute Gasteiger partial charge is 0.311 e. The topological polar surface area (TPSA) is 44.0 Å². The molecule has 1 rings (SSSR count). The van der Waals surface area contributed by atoms with Crippen LogP contribution >= 0.6 is 15.9 Å². The lowest BCUT2D eigenvalue weighted by molar-refractivity contribution is -0.0893. The number of alkyl halides is 2. The maximum Gasteiger partial charge on any atom is 0.311 e. The molecule has 0 saturated heterocycles. The Balaban J connectivity index is 3.17. The van der Waals surface area contributed by atoms with Gasteiger partial charge in [0.1, 0.15) is 6.07 Å². The van der Waals surface area contributed by atoms with Crippen LogP contribution in [0.5, 0.6) is 0 Å². The fourth-order valence-electron chi connectivity index (χ4n) is 1.04. The van der Waals surface area contributed by atoms with Gasteiger partial charge < -0.3 is 5.11 Å². The molecule has 0 aliphatic carbocycles. The van der Waals surface area contributed by atoms with Crippen molar-refractivity contribution >= 4 is 15.9 Å². The summed E-state index contributed by atoms with van der Waals surface area (Å²) in [6.45, 7) is 1.76. The van der Waals surface area contributed by atoms with E-state index < -0.39 is 12.0 Å². The number of hydrogen-bond acceptors (Lipinski definition) is 2. The predicted molar refractivity (Wildman–Crippen MR) is 54.4 cm³/mol. The highest BCUT2D eigenvalue weighted by Crippen LogP contribution is 2.33. The van der Waals surface area contributed by atoms with E-state index in [4.69, 9.17) is 10.4 Å². The molecule has 0 aliphatic heterocycles. The first-order chi connectivity index (χ1) is 6.89. The molecule has 0 bridgehead atoms. The van der Waals surface area contributed by atoms with Gasteiger partial charge in [0, 0.05) is 10.0 Å². The lowest BCUT2D eigenvalue weighted by atomic mass is 10.0. The molecule has 1 unspecified atom stereocenters. The van der Waals surface area contributed by atoms with Crippen LogP contribution < -0.4 is 0 Å². The maximum absolute atomic E-state index is 13.4. The molecule has 1 atom stereocenters. The van der Waals surface area contributed by atoms with Crippen molar-refractivity contribution in [3.8, 4) is 6.07 Å². The second-order valence-corrected chi connectivity index (χ2v) is 3.97. The van der Waals surface area contributed by atoms with E-state index in [1.54, 1.807) is 6.92 Å².